The molecule has 0 bridgehead atoms. The average Bonchev–Trinajstić information content (AvgIpc) is 2.67. The minimum Gasteiger partial charge on any atom is -0.458 e. The van der Waals surface area contributed by atoms with Crippen molar-refractivity contribution in [1.29, 1.82) is 0 Å². The van der Waals surface area contributed by atoms with Crippen LogP contribution in [0.15, 0.2) is 48.5 Å². The van der Waals surface area contributed by atoms with Gasteiger partial charge in [-0.1, -0.05) is 42.5 Å². The molecule has 1 unspecified atom stereocenters. The molecule has 0 fully saturated rings. The van der Waals surface area contributed by atoms with E-state index in [1.807, 2.05) is 52.0 Å². The summed E-state index contributed by atoms with van der Waals surface area (Å²) in [7, 11) is 0. The molecule has 0 saturated carbocycles. The highest BCUT2D eigenvalue weighted by molar-refractivity contribution is 5.68. The third-order valence-electron chi connectivity index (χ3n) is 4.69. The molecule has 0 aliphatic heterocycles. The minimum atomic E-state index is -0.618. The topological polar surface area (TPSA) is 55.8 Å². The van der Waals surface area contributed by atoms with Crippen LogP contribution in [0.1, 0.15) is 57.4 Å². The van der Waals surface area contributed by atoms with Gasteiger partial charge in [-0.3, -0.25) is 4.79 Å². The molecule has 0 heterocycles. The molecule has 5 nitrogen and oxygen atoms in total. The average molecular weight is 430 g/mol. The van der Waals surface area contributed by atoms with Crippen LogP contribution in [0.4, 0.5) is 9.18 Å². The number of ether oxygens (including phenoxy) is 2. The van der Waals surface area contributed by atoms with E-state index in [0.29, 0.717) is 31.5 Å². The van der Waals surface area contributed by atoms with Gasteiger partial charge in [-0.25, -0.2) is 9.18 Å². The van der Waals surface area contributed by atoms with Crippen molar-refractivity contribution in [1.82, 2.24) is 4.90 Å². The van der Waals surface area contributed by atoms with E-state index >= 15 is 0 Å². The van der Waals surface area contributed by atoms with Crippen molar-refractivity contribution in [3.05, 3.63) is 71.0 Å². The third-order valence-corrected chi connectivity index (χ3v) is 4.69. The van der Waals surface area contributed by atoms with Crippen LogP contribution in [0, 0.1) is 5.82 Å². The number of amides is 1. The molecule has 2 aromatic carbocycles. The number of nitrogens with zero attached hydrogens (tertiary/aromatic N) is 1. The molecule has 1 amide bonds. The van der Waals surface area contributed by atoms with E-state index in [1.165, 1.54) is 13.0 Å². The lowest BCUT2D eigenvalue weighted by Gasteiger charge is -2.27. The Hall–Kier alpha value is -2.89. The number of benzene rings is 2. The second kappa shape index (κ2) is 10.9. The van der Waals surface area contributed by atoms with E-state index in [0.717, 1.165) is 11.1 Å². The smallest absolute Gasteiger partial charge is 0.410 e. The first-order chi connectivity index (χ1) is 14.5. The van der Waals surface area contributed by atoms with Crippen LogP contribution in [-0.4, -0.2) is 35.7 Å². The second-order valence-corrected chi connectivity index (χ2v) is 8.56. The molecule has 2 aromatic rings. The highest BCUT2D eigenvalue weighted by Gasteiger charge is 2.22. The molecule has 0 aliphatic rings. The van der Waals surface area contributed by atoms with Crippen LogP contribution in [0.5, 0.6) is 0 Å². The van der Waals surface area contributed by atoms with Crippen molar-refractivity contribution in [2.24, 2.45) is 0 Å². The van der Waals surface area contributed by atoms with Gasteiger partial charge in [0.1, 0.15) is 17.5 Å². The summed E-state index contributed by atoms with van der Waals surface area (Å²) in [4.78, 5) is 25.6. The fourth-order valence-corrected chi connectivity index (χ4v) is 3.16. The van der Waals surface area contributed by atoms with Gasteiger partial charge >= 0.3 is 12.1 Å². The van der Waals surface area contributed by atoms with Crippen LogP contribution >= 0.6 is 0 Å². The Bertz CT molecular complexity index is 891. The van der Waals surface area contributed by atoms with E-state index in [9.17, 15) is 14.0 Å². The van der Waals surface area contributed by atoms with Gasteiger partial charge in [0.2, 0.25) is 0 Å². The Labute approximate surface area is 184 Å². The van der Waals surface area contributed by atoms with E-state index in [-0.39, 0.29) is 17.9 Å². The van der Waals surface area contributed by atoms with Gasteiger partial charge in [0.25, 0.3) is 0 Å². The van der Waals surface area contributed by atoms with E-state index in [4.69, 9.17) is 9.47 Å². The number of carbonyl (C=O) groups excluding carboxylic acids is 2. The summed E-state index contributed by atoms with van der Waals surface area (Å²) < 4.78 is 24.8. The predicted octanol–water partition coefficient (Wildman–Crippen LogP) is 5.47. The second-order valence-electron chi connectivity index (χ2n) is 8.56. The monoisotopic (exact) mass is 429 g/mol. The summed E-state index contributed by atoms with van der Waals surface area (Å²) in [6.07, 6.45) is 0.223. The largest absolute Gasteiger partial charge is 0.458 e. The molecule has 0 spiro atoms. The first-order valence-electron chi connectivity index (χ1n) is 10.5. The summed E-state index contributed by atoms with van der Waals surface area (Å²) in [5.74, 6) is -0.610. The highest BCUT2D eigenvalue weighted by Crippen LogP contribution is 2.19. The number of carbonyl (C=O) groups is 2. The SMILES string of the molecule is CC(=O)OC(C)c1cccc(CCN(CCc2ccccc2F)C(=O)OC(C)(C)C)c1. The summed E-state index contributed by atoms with van der Waals surface area (Å²) in [6, 6.07) is 14.3. The molecule has 0 aromatic heterocycles. The van der Waals surface area contributed by atoms with Crippen LogP contribution in [0.2, 0.25) is 0 Å². The zero-order valence-corrected chi connectivity index (χ0v) is 19.0. The van der Waals surface area contributed by atoms with Crippen molar-refractivity contribution < 1.29 is 23.5 Å². The van der Waals surface area contributed by atoms with Gasteiger partial charge in [-0.05, 0) is 63.3 Å². The molecule has 168 valence electrons. The number of halogens is 1. The molecular formula is C25H32FNO4. The number of hydrogen-bond donors (Lipinski definition) is 0. The van der Waals surface area contributed by atoms with Gasteiger partial charge in [0.05, 0.1) is 0 Å². The maximum absolute atomic E-state index is 14.0. The van der Waals surface area contributed by atoms with Gasteiger partial charge in [0.15, 0.2) is 0 Å². The molecular weight excluding hydrogens is 397 g/mol. The Kier molecular flexibility index (Phi) is 8.60. The normalized spacial score (nSPS) is 12.2. The van der Waals surface area contributed by atoms with Crippen LogP contribution in [0.25, 0.3) is 0 Å². The molecule has 0 saturated heterocycles. The van der Waals surface area contributed by atoms with Crippen molar-refractivity contribution in [3.8, 4) is 0 Å². The van der Waals surface area contributed by atoms with Crippen molar-refractivity contribution in [2.75, 3.05) is 13.1 Å². The molecule has 31 heavy (non-hydrogen) atoms. The predicted molar refractivity (Wildman–Crippen MR) is 118 cm³/mol. The lowest BCUT2D eigenvalue weighted by atomic mass is 10.0. The summed E-state index contributed by atoms with van der Waals surface area (Å²) in [5.41, 5.74) is 1.85. The Balaban J connectivity index is 2.09. The number of hydrogen-bond acceptors (Lipinski definition) is 4. The standard InChI is InChI=1S/C25H32FNO4/c1-18(30-19(2)28)22-11-8-9-20(17-22)13-15-27(24(29)31-25(3,4)5)16-14-21-10-6-7-12-23(21)26/h6-12,17-18H,13-16H2,1-5H3. The maximum Gasteiger partial charge on any atom is 0.410 e. The lowest BCUT2D eigenvalue weighted by molar-refractivity contribution is -0.145. The summed E-state index contributed by atoms with van der Waals surface area (Å²) >= 11 is 0. The van der Waals surface area contributed by atoms with Gasteiger partial charge in [-0.15, -0.1) is 0 Å². The molecule has 6 heteroatoms. The molecule has 0 N–H and O–H groups in total. The summed E-state index contributed by atoms with van der Waals surface area (Å²) in [6.45, 7) is 9.43. The maximum atomic E-state index is 14.0. The zero-order valence-electron chi connectivity index (χ0n) is 19.0. The highest BCUT2D eigenvalue weighted by atomic mass is 19.1. The van der Waals surface area contributed by atoms with Crippen molar-refractivity contribution in [2.45, 2.75) is 59.2 Å². The molecule has 0 radical (unpaired) electrons. The fraction of sp³-hybridized carbons (Fsp3) is 0.440. The fourth-order valence-electron chi connectivity index (χ4n) is 3.16. The minimum absolute atomic E-state index is 0.279. The quantitative estimate of drug-likeness (QED) is 0.522. The van der Waals surface area contributed by atoms with Crippen LogP contribution < -0.4 is 0 Å². The van der Waals surface area contributed by atoms with Gasteiger partial charge < -0.3 is 14.4 Å². The lowest BCUT2D eigenvalue weighted by Crippen LogP contribution is -2.39. The summed E-state index contributed by atoms with van der Waals surface area (Å²) in [5, 5.41) is 0. The van der Waals surface area contributed by atoms with E-state index in [1.54, 1.807) is 23.1 Å². The third kappa shape index (κ3) is 8.40. The Morgan fingerprint density at radius 3 is 2.35 bits per heavy atom. The Morgan fingerprint density at radius 1 is 1.03 bits per heavy atom. The van der Waals surface area contributed by atoms with Gasteiger partial charge in [0, 0.05) is 20.0 Å². The Morgan fingerprint density at radius 2 is 1.71 bits per heavy atom. The molecule has 1 atom stereocenters. The van der Waals surface area contributed by atoms with Crippen LogP contribution in [0.3, 0.4) is 0 Å². The van der Waals surface area contributed by atoms with Crippen molar-refractivity contribution in [3.63, 3.8) is 0 Å². The molecule has 0 aliphatic carbocycles. The number of esters is 1. The van der Waals surface area contributed by atoms with E-state index in [2.05, 4.69) is 0 Å². The van der Waals surface area contributed by atoms with Crippen molar-refractivity contribution >= 4 is 12.1 Å². The molecule has 2 rings (SSSR count). The zero-order chi connectivity index (χ0) is 23.0. The van der Waals surface area contributed by atoms with Gasteiger partial charge in [-0.2, -0.15) is 0 Å². The first kappa shape index (κ1) is 24.4. The first-order valence-corrected chi connectivity index (χ1v) is 10.5. The number of rotatable bonds is 8. The van der Waals surface area contributed by atoms with E-state index < -0.39 is 11.7 Å². The van der Waals surface area contributed by atoms with Crippen LogP contribution in [-0.2, 0) is 27.1 Å².